The van der Waals surface area contributed by atoms with Crippen molar-refractivity contribution in [1.82, 2.24) is 20.4 Å². The molecule has 1 amide bonds. The Labute approximate surface area is 137 Å². The first-order valence-corrected chi connectivity index (χ1v) is 8.56. The van der Waals surface area contributed by atoms with Gasteiger partial charge in [-0.25, -0.2) is 0 Å². The molecule has 0 saturated heterocycles. The van der Waals surface area contributed by atoms with Gasteiger partial charge in [0.05, 0.1) is 28.9 Å². The van der Waals surface area contributed by atoms with E-state index in [2.05, 4.69) is 42.2 Å². The van der Waals surface area contributed by atoms with Crippen molar-refractivity contribution in [2.45, 2.75) is 70.5 Å². The van der Waals surface area contributed by atoms with E-state index in [4.69, 9.17) is 0 Å². The van der Waals surface area contributed by atoms with E-state index in [1.807, 2.05) is 11.6 Å². The van der Waals surface area contributed by atoms with Gasteiger partial charge in [0.2, 0.25) is 0 Å². The molecule has 1 saturated carbocycles. The Hall–Kier alpha value is -1.01. The fourth-order valence-electron chi connectivity index (χ4n) is 2.92. The van der Waals surface area contributed by atoms with Gasteiger partial charge in [-0.1, -0.05) is 6.92 Å². The van der Waals surface area contributed by atoms with Crippen molar-refractivity contribution >= 4 is 18.5 Å². The monoisotopic (exact) mass is 322 g/mol. The molecule has 22 heavy (non-hydrogen) atoms. The van der Waals surface area contributed by atoms with Crippen LogP contribution in [-0.4, -0.2) is 26.6 Å². The van der Waals surface area contributed by atoms with Crippen LogP contribution in [0.3, 0.4) is 0 Å². The molecule has 122 valence electrons. The first-order valence-electron chi connectivity index (χ1n) is 8.11. The Morgan fingerprint density at radius 1 is 1.64 bits per heavy atom. The highest BCUT2D eigenvalue weighted by molar-refractivity contribution is 7.81. The predicted octanol–water partition coefficient (Wildman–Crippen LogP) is 2.33. The van der Waals surface area contributed by atoms with E-state index in [0.29, 0.717) is 23.6 Å². The number of amides is 1. The molecule has 1 fully saturated rings. The zero-order valence-corrected chi connectivity index (χ0v) is 14.5. The minimum atomic E-state index is -0.479. The van der Waals surface area contributed by atoms with Crippen molar-refractivity contribution in [3.05, 3.63) is 17.5 Å². The van der Waals surface area contributed by atoms with Crippen LogP contribution in [0.1, 0.15) is 62.5 Å². The lowest BCUT2D eigenvalue weighted by Gasteiger charge is -2.27. The molecular formula is C16H26N4OS. The highest BCUT2D eigenvalue weighted by Crippen LogP contribution is 2.50. The van der Waals surface area contributed by atoms with Crippen molar-refractivity contribution in [1.29, 1.82) is 0 Å². The minimum absolute atomic E-state index is 0.0731. The lowest BCUT2D eigenvalue weighted by molar-refractivity contribution is 0.0927. The van der Waals surface area contributed by atoms with Crippen LogP contribution < -0.4 is 10.6 Å². The van der Waals surface area contributed by atoms with Gasteiger partial charge >= 0.3 is 0 Å². The largest absolute Gasteiger partial charge is 0.338 e. The average molecular weight is 322 g/mol. The van der Waals surface area contributed by atoms with Crippen LogP contribution in [0.5, 0.6) is 0 Å². The van der Waals surface area contributed by atoms with Gasteiger partial charge in [0.25, 0.3) is 5.91 Å². The van der Waals surface area contributed by atoms with Gasteiger partial charge in [0, 0.05) is 12.6 Å². The molecule has 5 nitrogen and oxygen atoms in total. The first kappa shape index (κ1) is 15.9. The Morgan fingerprint density at radius 3 is 3.05 bits per heavy atom. The fraction of sp³-hybridized carbons (Fsp3) is 0.750. The number of fused-ring (bicyclic) bond motifs is 1. The topological polar surface area (TPSA) is 59.0 Å². The van der Waals surface area contributed by atoms with Gasteiger partial charge in [0.15, 0.2) is 0 Å². The quantitative estimate of drug-likeness (QED) is 0.576. The molecule has 0 radical (unpaired) electrons. The third-order valence-corrected chi connectivity index (χ3v) is 5.30. The van der Waals surface area contributed by atoms with Gasteiger partial charge < -0.3 is 10.6 Å². The normalized spacial score (nSPS) is 25.2. The fourth-order valence-corrected chi connectivity index (χ4v) is 3.14. The van der Waals surface area contributed by atoms with E-state index in [0.717, 1.165) is 25.1 Å². The van der Waals surface area contributed by atoms with Gasteiger partial charge in [-0.2, -0.15) is 17.7 Å². The van der Waals surface area contributed by atoms with Gasteiger partial charge in [-0.3, -0.25) is 9.48 Å². The second-order valence-electron chi connectivity index (χ2n) is 7.51. The van der Waals surface area contributed by atoms with E-state index in [1.165, 1.54) is 12.8 Å². The van der Waals surface area contributed by atoms with Crippen LogP contribution in [-0.2, 0) is 13.1 Å². The SMILES string of the molecule is CC1Cn2ncc(C(=O)NC(C)(S)CCC3(C)CC3)c2CN1. The highest BCUT2D eigenvalue weighted by atomic mass is 32.1. The van der Waals surface area contributed by atoms with Gasteiger partial charge in [0.1, 0.15) is 0 Å². The number of nitrogens with one attached hydrogen (secondary N) is 2. The van der Waals surface area contributed by atoms with Crippen LogP contribution in [0.4, 0.5) is 0 Å². The Morgan fingerprint density at radius 2 is 2.36 bits per heavy atom. The number of rotatable bonds is 5. The number of hydrogen-bond acceptors (Lipinski definition) is 4. The number of nitrogens with zero attached hydrogens (tertiary/aromatic N) is 2. The van der Waals surface area contributed by atoms with Crippen LogP contribution in [0.2, 0.25) is 0 Å². The van der Waals surface area contributed by atoms with Crippen molar-refractivity contribution in [2.24, 2.45) is 5.41 Å². The summed E-state index contributed by atoms with van der Waals surface area (Å²) in [7, 11) is 0. The molecule has 2 N–H and O–H groups in total. The maximum atomic E-state index is 12.6. The number of thiol groups is 1. The molecule has 1 aliphatic heterocycles. The van der Waals surface area contributed by atoms with E-state index in [9.17, 15) is 4.79 Å². The molecule has 0 bridgehead atoms. The lowest BCUT2D eigenvalue weighted by atomic mass is 9.99. The van der Waals surface area contributed by atoms with E-state index in [1.54, 1.807) is 6.20 Å². The molecule has 0 aromatic carbocycles. The zero-order chi connectivity index (χ0) is 16.0. The van der Waals surface area contributed by atoms with Crippen LogP contribution in [0.15, 0.2) is 6.20 Å². The van der Waals surface area contributed by atoms with Crippen molar-refractivity contribution in [3.8, 4) is 0 Å². The highest BCUT2D eigenvalue weighted by Gasteiger charge is 2.38. The second-order valence-corrected chi connectivity index (χ2v) is 8.49. The number of carbonyl (C=O) groups is 1. The summed E-state index contributed by atoms with van der Waals surface area (Å²) in [5, 5.41) is 10.8. The summed E-state index contributed by atoms with van der Waals surface area (Å²) in [6, 6.07) is 0.387. The Balaban J connectivity index is 1.64. The molecular weight excluding hydrogens is 296 g/mol. The smallest absolute Gasteiger partial charge is 0.255 e. The predicted molar refractivity (Wildman–Crippen MR) is 90.0 cm³/mol. The third-order valence-electron chi connectivity index (χ3n) is 4.96. The molecule has 1 aliphatic carbocycles. The third kappa shape index (κ3) is 3.49. The second kappa shape index (κ2) is 5.57. The van der Waals surface area contributed by atoms with Crippen LogP contribution >= 0.6 is 12.6 Å². The molecule has 1 aromatic heterocycles. The number of hydrogen-bond donors (Lipinski definition) is 3. The molecule has 3 rings (SSSR count). The molecule has 2 heterocycles. The maximum absolute atomic E-state index is 12.6. The van der Waals surface area contributed by atoms with Crippen LogP contribution in [0, 0.1) is 5.41 Å². The standard InChI is InChI=1S/C16H26N4OS/c1-11-10-20-13(9-17-11)12(8-18-20)14(21)19-16(3,22)7-6-15(2)4-5-15/h8,11,17,22H,4-7,9-10H2,1-3H3,(H,19,21). The molecule has 2 aliphatic rings. The Kier molecular flexibility index (Phi) is 4.01. The summed E-state index contributed by atoms with van der Waals surface area (Å²) in [5.41, 5.74) is 2.11. The summed E-state index contributed by atoms with van der Waals surface area (Å²) in [6.45, 7) is 7.90. The van der Waals surface area contributed by atoms with E-state index in [-0.39, 0.29) is 5.91 Å². The summed E-state index contributed by atoms with van der Waals surface area (Å²) in [6.07, 6.45) is 6.27. The van der Waals surface area contributed by atoms with Crippen LogP contribution in [0.25, 0.3) is 0 Å². The van der Waals surface area contributed by atoms with Crippen molar-refractivity contribution in [3.63, 3.8) is 0 Å². The lowest BCUT2D eigenvalue weighted by Crippen LogP contribution is -2.43. The molecule has 6 heteroatoms. The number of carbonyl (C=O) groups excluding carboxylic acids is 1. The minimum Gasteiger partial charge on any atom is -0.338 e. The molecule has 1 aromatic rings. The summed E-state index contributed by atoms with van der Waals surface area (Å²) in [4.78, 5) is 12.1. The molecule has 0 spiro atoms. The van der Waals surface area contributed by atoms with E-state index >= 15 is 0 Å². The summed E-state index contributed by atoms with van der Waals surface area (Å²) in [5.74, 6) is -0.0731. The number of aromatic nitrogens is 2. The zero-order valence-electron chi connectivity index (χ0n) is 13.6. The van der Waals surface area contributed by atoms with Crippen molar-refractivity contribution < 1.29 is 4.79 Å². The van der Waals surface area contributed by atoms with Gasteiger partial charge in [-0.15, -0.1) is 0 Å². The van der Waals surface area contributed by atoms with Crippen molar-refractivity contribution in [2.75, 3.05) is 0 Å². The Bertz CT molecular complexity index is 577. The summed E-state index contributed by atoms with van der Waals surface area (Å²) >= 11 is 4.66. The summed E-state index contributed by atoms with van der Waals surface area (Å²) < 4.78 is 1.93. The van der Waals surface area contributed by atoms with Gasteiger partial charge in [-0.05, 0) is 44.9 Å². The maximum Gasteiger partial charge on any atom is 0.255 e. The first-order chi connectivity index (χ1) is 10.3. The molecule has 2 atom stereocenters. The van der Waals surface area contributed by atoms with E-state index < -0.39 is 4.87 Å². The average Bonchev–Trinajstić information content (AvgIpc) is 3.03. The molecule has 2 unspecified atom stereocenters.